The van der Waals surface area contributed by atoms with Crippen LogP contribution in [0.1, 0.15) is 13.3 Å². The van der Waals surface area contributed by atoms with Crippen molar-refractivity contribution in [3.8, 4) is 0 Å². The van der Waals surface area contributed by atoms with E-state index >= 15 is 0 Å². The number of nitrogens with zero attached hydrogens (tertiary/aromatic N) is 1. The van der Waals surface area contributed by atoms with E-state index in [9.17, 15) is 4.79 Å². The summed E-state index contributed by atoms with van der Waals surface area (Å²) in [5.74, 6) is 0.177. The molecule has 1 aliphatic heterocycles. The summed E-state index contributed by atoms with van der Waals surface area (Å²) in [5, 5.41) is 3.05. The van der Waals surface area contributed by atoms with Crippen LogP contribution in [0.5, 0.6) is 0 Å². The first-order valence-electron chi connectivity index (χ1n) is 5.29. The topological polar surface area (TPSA) is 32.3 Å². The third kappa shape index (κ3) is 2.20. The molecule has 3 nitrogen and oxygen atoms in total. The minimum atomic E-state index is -0.0276. The molecule has 1 aromatic carbocycles. The lowest BCUT2D eigenvalue weighted by Crippen LogP contribution is -2.37. The molecule has 0 aromatic heterocycles. The average Bonchev–Trinajstić information content (AvgIpc) is 2.55. The Labute approximate surface area is 102 Å². The highest BCUT2D eigenvalue weighted by atomic mass is 35.5. The number of carbonyl (C=O) groups excluding carboxylic acids is 1. The molecule has 0 saturated carbocycles. The second kappa shape index (κ2) is 5.32. The number of nitrogens with one attached hydrogen (secondary N) is 1. The van der Waals surface area contributed by atoms with Crippen LogP contribution in [-0.2, 0) is 4.79 Å². The Morgan fingerprint density at radius 3 is 2.44 bits per heavy atom. The van der Waals surface area contributed by atoms with E-state index in [4.69, 9.17) is 0 Å². The van der Waals surface area contributed by atoms with E-state index in [0.29, 0.717) is 0 Å². The maximum absolute atomic E-state index is 12.0. The molecule has 1 N–H and O–H groups in total. The van der Waals surface area contributed by atoms with Crippen molar-refractivity contribution in [2.24, 2.45) is 0 Å². The first kappa shape index (κ1) is 13.0. The predicted molar refractivity (Wildman–Crippen MR) is 68.1 cm³/mol. The normalized spacial score (nSPS) is 24.4. The van der Waals surface area contributed by atoms with Gasteiger partial charge in [-0.25, -0.2) is 0 Å². The van der Waals surface area contributed by atoms with Gasteiger partial charge in [0.05, 0.1) is 6.04 Å². The molecule has 0 bridgehead atoms. The summed E-state index contributed by atoms with van der Waals surface area (Å²) in [6.45, 7) is 2.09. The fourth-order valence-electron chi connectivity index (χ4n) is 2.14. The fourth-order valence-corrected chi connectivity index (χ4v) is 2.14. The van der Waals surface area contributed by atoms with Crippen LogP contribution in [0.15, 0.2) is 30.3 Å². The summed E-state index contributed by atoms with van der Waals surface area (Å²) < 4.78 is 0. The monoisotopic (exact) mass is 240 g/mol. The second-order valence-electron chi connectivity index (χ2n) is 3.97. The molecule has 1 amide bonds. The Morgan fingerprint density at radius 2 is 1.94 bits per heavy atom. The second-order valence-corrected chi connectivity index (χ2v) is 3.97. The van der Waals surface area contributed by atoms with Crippen LogP contribution >= 0.6 is 12.4 Å². The highest BCUT2D eigenvalue weighted by molar-refractivity contribution is 6.00. The van der Waals surface area contributed by atoms with Gasteiger partial charge in [0.25, 0.3) is 0 Å². The van der Waals surface area contributed by atoms with Gasteiger partial charge < -0.3 is 10.2 Å². The van der Waals surface area contributed by atoms with Crippen molar-refractivity contribution in [2.45, 2.75) is 25.4 Å². The molecular weight excluding hydrogens is 224 g/mol. The predicted octanol–water partition coefficient (Wildman–Crippen LogP) is 1.82. The summed E-state index contributed by atoms with van der Waals surface area (Å²) in [7, 11) is 1.84. The highest BCUT2D eigenvalue weighted by Crippen LogP contribution is 2.25. The molecule has 88 valence electrons. The SMILES string of the molecule is CNC1CC(C)N(c2ccccc2)C1=O.Cl. The molecule has 4 heteroatoms. The summed E-state index contributed by atoms with van der Waals surface area (Å²) in [6, 6.07) is 10.1. The number of hydrogen-bond acceptors (Lipinski definition) is 2. The molecule has 1 aromatic rings. The van der Waals surface area contributed by atoms with Gasteiger partial charge >= 0.3 is 0 Å². The van der Waals surface area contributed by atoms with Gasteiger partial charge in [0, 0.05) is 11.7 Å². The standard InChI is InChI=1S/C12H16N2O.ClH/c1-9-8-11(13-2)12(15)14(9)10-6-4-3-5-7-10;/h3-7,9,11,13H,8H2,1-2H3;1H. The number of para-hydroxylation sites is 1. The van der Waals surface area contributed by atoms with E-state index in [1.54, 1.807) is 0 Å². The van der Waals surface area contributed by atoms with Gasteiger partial charge in [-0.2, -0.15) is 0 Å². The van der Waals surface area contributed by atoms with E-state index in [1.165, 1.54) is 0 Å². The van der Waals surface area contributed by atoms with Gasteiger partial charge in [0.1, 0.15) is 0 Å². The first-order valence-corrected chi connectivity index (χ1v) is 5.29. The Kier molecular flexibility index (Phi) is 4.33. The molecule has 2 rings (SSSR count). The number of anilines is 1. The Bertz CT molecular complexity index is 355. The number of rotatable bonds is 2. The third-order valence-corrected chi connectivity index (χ3v) is 2.94. The average molecular weight is 241 g/mol. The minimum absolute atomic E-state index is 0. The molecule has 16 heavy (non-hydrogen) atoms. The lowest BCUT2D eigenvalue weighted by Gasteiger charge is -2.21. The number of benzene rings is 1. The summed E-state index contributed by atoms with van der Waals surface area (Å²) in [4.78, 5) is 13.9. The van der Waals surface area contributed by atoms with Crippen LogP contribution in [0.25, 0.3) is 0 Å². The number of likely N-dealkylation sites (N-methyl/N-ethyl adjacent to an activating group) is 1. The van der Waals surface area contributed by atoms with Gasteiger partial charge in [-0.1, -0.05) is 18.2 Å². The Balaban J connectivity index is 0.00000128. The minimum Gasteiger partial charge on any atom is -0.309 e. The largest absolute Gasteiger partial charge is 0.309 e. The number of hydrogen-bond donors (Lipinski definition) is 1. The van der Waals surface area contributed by atoms with Crippen molar-refractivity contribution in [3.63, 3.8) is 0 Å². The van der Waals surface area contributed by atoms with Gasteiger partial charge in [-0.05, 0) is 32.5 Å². The molecule has 0 aliphatic carbocycles. The summed E-state index contributed by atoms with van der Waals surface area (Å²) in [6.07, 6.45) is 0.879. The van der Waals surface area contributed by atoms with Gasteiger partial charge in [-0.3, -0.25) is 4.79 Å². The van der Waals surface area contributed by atoms with E-state index < -0.39 is 0 Å². The number of halogens is 1. The van der Waals surface area contributed by atoms with Crippen molar-refractivity contribution in [1.29, 1.82) is 0 Å². The molecule has 2 unspecified atom stereocenters. The van der Waals surface area contributed by atoms with Crippen molar-refractivity contribution in [3.05, 3.63) is 30.3 Å². The quantitative estimate of drug-likeness (QED) is 0.856. The van der Waals surface area contributed by atoms with Gasteiger partial charge in [-0.15, -0.1) is 12.4 Å². The highest BCUT2D eigenvalue weighted by Gasteiger charge is 2.36. The van der Waals surface area contributed by atoms with E-state index in [0.717, 1.165) is 12.1 Å². The Morgan fingerprint density at radius 1 is 1.31 bits per heavy atom. The van der Waals surface area contributed by atoms with Gasteiger partial charge in [0.2, 0.25) is 5.91 Å². The molecule has 1 heterocycles. The molecule has 1 aliphatic rings. The van der Waals surface area contributed by atoms with Crippen LogP contribution < -0.4 is 10.2 Å². The third-order valence-electron chi connectivity index (χ3n) is 2.94. The number of amides is 1. The van der Waals surface area contributed by atoms with E-state index in [1.807, 2.05) is 42.3 Å². The fraction of sp³-hybridized carbons (Fsp3) is 0.417. The van der Waals surface area contributed by atoms with Crippen LogP contribution in [0.3, 0.4) is 0 Å². The lowest BCUT2D eigenvalue weighted by molar-refractivity contribution is -0.118. The van der Waals surface area contributed by atoms with Crippen LogP contribution in [0.2, 0.25) is 0 Å². The maximum atomic E-state index is 12.0. The molecular formula is C12H17ClN2O. The van der Waals surface area contributed by atoms with Crippen molar-refractivity contribution >= 4 is 24.0 Å². The number of carbonyl (C=O) groups is 1. The molecule has 2 atom stereocenters. The van der Waals surface area contributed by atoms with Gasteiger partial charge in [0.15, 0.2) is 0 Å². The molecule has 0 spiro atoms. The van der Waals surface area contributed by atoms with Crippen LogP contribution in [0, 0.1) is 0 Å². The van der Waals surface area contributed by atoms with Crippen molar-refractivity contribution < 1.29 is 4.79 Å². The zero-order chi connectivity index (χ0) is 10.8. The van der Waals surface area contributed by atoms with Crippen LogP contribution in [0.4, 0.5) is 5.69 Å². The summed E-state index contributed by atoms with van der Waals surface area (Å²) >= 11 is 0. The van der Waals surface area contributed by atoms with E-state index in [2.05, 4.69) is 12.2 Å². The smallest absolute Gasteiger partial charge is 0.244 e. The van der Waals surface area contributed by atoms with E-state index in [-0.39, 0.29) is 30.4 Å². The molecule has 1 saturated heterocycles. The maximum Gasteiger partial charge on any atom is 0.244 e. The molecule has 1 fully saturated rings. The Hall–Kier alpha value is -1.06. The first-order chi connectivity index (χ1) is 7.24. The molecule has 0 radical (unpaired) electrons. The van der Waals surface area contributed by atoms with Crippen molar-refractivity contribution in [2.75, 3.05) is 11.9 Å². The lowest BCUT2D eigenvalue weighted by atomic mass is 10.2. The zero-order valence-corrected chi connectivity index (χ0v) is 10.3. The van der Waals surface area contributed by atoms with Crippen molar-refractivity contribution in [1.82, 2.24) is 5.32 Å². The van der Waals surface area contributed by atoms with Crippen LogP contribution in [-0.4, -0.2) is 25.0 Å². The zero-order valence-electron chi connectivity index (χ0n) is 9.51. The summed E-state index contributed by atoms with van der Waals surface area (Å²) in [5.41, 5.74) is 0.993.